The number of benzene rings is 2. The van der Waals surface area contributed by atoms with E-state index in [1.807, 2.05) is 30.3 Å². The largest absolute Gasteiger partial charge is 0.416 e. The van der Waals surface area contributed by atoms with Crippen LogP contribution >= 0.6 is 11.8 Å². The summed E-state index contributed by atoms with van der Waals surface area (Å²) in [6.07, 6.45) is -3.93. The summed E-state index contributed by atoms with van der Waals surface area (Å²) in [4.78, 5) is 12.4. The van der Waals surface area contributed by atoms with E-state index in [4.69, 9.17) is 0 Å². The van der Waals surface area contributed by atoms with Gasteiger partial charge in [0.1, 0.15) is 11.5 Å². The summed E-state index contributed by atoms with van der Waals surface area (Å²) in [5.41, 5.74) is 6.03. The molecular weight excluding hydrogens is 431 g/mol. The number of thioether (sulfide) groups is 1. The van der Waals surface area contributed by atoms with Crippen LogP contribution in [-0.2, 0) is 23.1 Å². The second-order valence-corrected chi connectivity index (χ2v) is 7.88. The number of aromatic nitrogens is 4. The van der Waals surface area contributed by atoms with E-state index in [1.165, 1.54) is 28.6 Å². The first kappa shape index (κ1) is 21.3. The van der Waals surface area contributed by atoms with Crippen LogP contribution in [0.1, 0.15) is 17.0 Å². The monoisotopic (exact) mass is 449 g/mol. The van der Waals surface area contributed by atoms with Crippen molar-refractivity contribution in [3.8, 4) is 5.69 Å². The average Bonchev–Trinajstić information content (AvgIpc) is 3.23. The zero-order valence-electron chi connectivity index (χ0n) is 16.0. The van der Waals surface area contributed by atoms with Gasteiger partial charge in [-0.1, -0.05) is 36.4 Å². The van der Waals surface area contributed by atoms with E-state index < -0.39 is 23.3 Å². The molecule has 162 valence electrons. The lowest BCUT2D eigenvalue weighted by atomic mass is 10.1. The van der Waals surface area contributed by atoms with Crippen molar-refractivity contribution >= 4 is 17.7 Å². The molecule has 31 heavy (non-hydrogen) atoms. The number of nitrogens with one attached hydrogen (secondary N) is 3. The Morgan fingerprint density at radius 1 is 1.06 bits per heavy atom. The van der Waals surface area contributed by atoms with Gasteiger partial charge in [0, 0.05) is 0 Å². The molecule has 0 aliphatic carbocycles. The lowest BCUT2D eigenvalue weighted by Crippen LogP contribution is -2.64. The zero-order chi connectivity index (χ0) is 21.8. The quantitative estimate of drug-likeness (QED) is 0.530. The first-order valence-corrected chi connectivity index (χ1v) is 10.4. The van der Waals surface area contributed by atoms with Crippen LogP contribution in [0.5, 0.6) is 0 Å². The molecule has 1 aromatic heterocycles. The van der Waals surface area contributed by atoms with Gasteiger partial charge in [-0.25, -0.2) is 10.9 Å². The zero-order valence-corrected chi connectivity index (χ0v) is 16.8. The molecule has 0 saturated carbocycles. The Hall–Kier alpha value is -2.96. The fourth-order valence-corrected chi connectivity index (χ4v) is 3.90. The summed E-state index contributed by atoms with van der Waals surface area (Å²) < 4.78 is 40.2. The second-order valence-electron chi connectivity index (χ2n) is 6.79. The van der Waals surface area contributed by atoms with Gasteiger partial charge in [0.15, 0.2) is 5.82 Å². The van der Waals surface area contributed by atoms with Gasteiger partial charge < -0.3 is 5.32 Å². The van der Waals surface area contributed by atoms with Crippen LogP contribution in [0.3, 0.4) is 0 Å². The molecule has 1 aliphatic rings. The topological polar surface area (TPSA) is 96.8 Å². The fourth-order valence-electron chi connectivity index (χ4n) is 3.05. The number of carbonyl (C=O) groups is 1. The number of hydrogen-bond donors (Lipinski definition) is 3. The summed E-state index contributed by atoms with van der Waals surface area (Å²) in [5.74, 6) is 0.455. The maximum absolute atomic E-state index is 13.0. The van der Waals surface area contributed by atoms with Crippen LogP contribution < -0.4 is 16.2 Å². The number of hydrogen-bond acceptors (Lipinski definition) is 7. The Labute approximate surface area is 179 Å². The number of halogens is 3. The van der Waals surface area contributed by atoms with Gasteiger partial charge in [-0.2, -0.15) is 17.9 Å². The number of alkyl halides is 3. The smallest absolute Gasteiger partial charge is 0.329 e. The van der Waals surface area contributed by atoms with E-state index >= 15 is 0 Å². The highest BCUT2D eigenvalue weighted by Crippen LogP contribution is 2.30. The molecule has 1 saturated heterocycles. The summed E-state index contributed by atoms with van der Waals surface area (Å²) in [6.45, 7) is 0. The summed E-state index contributed by atoms with van der Waals surface area (Å²) in [7, 11) is 0. The SMILES string of the molecule is O=C1NC(SCc2nnnn2-c2cccc(C(F)(F)F)c2)NNC1Cc1ccccc1. The lowest BCUT2D eigenvalue weighted by molar-refractivity contribution is -0.137. The molecule has 1 fully saturated rings. The molecular formula is C19H18F3N7OS. The second kappa shape index (κ2) is 9.04. The predicted molar refractivity (Wildman–Crippen MR) is 108 cm³/mol. The molecule has 0 bridgehead atoms. The van der Waals surface area contributed by atoms with E-state index in [0.717, 1.165) is 17.7 Å². The minimum Gasteiger partial charge on any atom is -0.329 e. The summed E-state index contributed by atoms with van der Waals surface area (Å²) in [6, 6.07) is 14.0. The van der Waals surface area contributed by atoms with Gasteiger partial charge in [0.2, 0.25) is 5.91 Å². The van der Waals surface area contributed by atoms with Crippen molar-refractivity contribution in [1.82, 2.24) is 36.4 Å². The Balaban J connectivity index is 1.36. The van der Waals surface area contributed by atoms with Crippen molar-refractivity contribution in [3.63, 3.8) is 0 Å². The van der Waals surface area contributed by atoms with Crippen molar-refractivity contribution in [2.24, 2.45) is 0 Å². The van der Waals surface area contributed by atoms with E-state index in [9.17, 15) is 18.0 Å². The normalized spacial score (nSPS) is 19.3. The van der Waals surface area contributed by atoms with Gasteiger partial charge in [0.05, 0.1) is 17.0 Å². The Morgan fingerprint density at radius 2 is 1.87 bits per heavy atom. The summed E-state index contributed by atoms with van der Waals surface area (Å²) in [5, 5.41) is 14.1. The molecule has 1 aliphatic heterocycles. The molecule has 2 heterocycles. The molecule has 8 nitrogen and oxygen atoms in total. The van der Waals surface area contributed by atoms with Crippen molar-refractivity contribution in [2.45, 2.75) is 29.9 Å². The molecule has 0 radical (unpaired) electrons. The molecule has 12 heteroatoms. The highest BCUT2D eigenvalue weighted by atomic mass is 32.2. The van der Waals surface area contributed by atoms with Crippen LogP contribution in [0.15, 0.2) is 54.6 Å². The first-order chi connectivity index (χ1) is 14.9. The summed E-state index contributed by atoms with van der Waals surface area (Å²) >= 11 is 1.29. The van der Waals surface area contributed by atoms with Gasteiger partial charge in [-0.05, 0) is 40.6 Å². The first-order valence-electron chi connectivity index (χ1n) is 9.32. The third kappa shape index (κ3) is 5.21. The Kier molecular flexibility index (Phi) is 6.20. The number of amides is 1. The molecule has 3 N–H and O–H groups in total. The number of tetrazole rings is 1. The molecule has 1 amide bonds. The van der Waals surface area contributed by atoms with Crippen LogP contribution in [0.2, 0.25) is 0 Å². The van der Waals surface area contributed by atoms with E-state index in [1.54, 1.807) is 0 Å². The maximum atomic E-state index is 13.0. The number of carbonyl (C=O) groups excluding carboxylic acids is 1. The van der Waals surface area contributed by atoms with Crippen LogP contribution in [0.4, 0.5) is 13.2 Å². The van der Waals surface area contributed by atoms with Gasteiger partial charge in [-0.3, -0.25) is 4.79 Å². The maximum Gasteiger partial charge on any atom is 0.416 e. The van der Waals surface area contributed by atoms with Crippen molar-refractivity contribution in [1.29, 1.82) is 0 Å². The molecule has 3 aromatic rings. The van der Waals surface area contributed by atoms with E-state index in [2.05, 4.69) is 31.7 Å². The average molecular weight is 449 g/mol. The van der Waals surface area contributed by atoms with Crippen LogP contribution in [0, 0.1) is 0 Å². The van der Waals surface area contributed by atoms with E-state index in [-0.39, 0.29) is 17.3 Å². The standard InChI is InChI=1S/C19H18F3N7OS/c20-19(21,22)13-7-4-8-14(10-13)29-16(25-27-28-29)11-31-18-23-17(30)15(24-26-18)9-12-5-2-1-3-6-12/h1-8,10,15,18,24,26H,9,11H2,(H,23,30). The minimum atomic E-state index is -4.46. The molecule has 4 rings (SSSR count). The molecule has 2 atom stereocenters. The lowest BCUT2D eigenvalue weighted by Gasteiger charge is -2.31. The van der Waals surface area contributed by atoms with Gasteiger partial charge in [-0.15, -0.1) is 16.9 Å². The molecule has 2 aromatic carbocycles. The highest BCUT2D eigenvalue weighted by Gasteiger charge is 2.31. The van der Waals surface area contributed by atoms with Gasteiger partial charge >= 0.3 is 6.18 Å². The Morgan fingerprint density at radius 3 is 2.61 bits per heavy atom. The molecule has 2 unspecified atom stereocenters. The van der Waals surface area contributed by atoms with Crippen LogP contribution in [-0.4, -0.2) is 37.7 Å². The predicted octanol–water partition coefficient (Wildman–Crippen LogP) is 2.03. The van der Waals surface area contributed by atoms with E-state index in [0.29, 0.717) is 12.2 Å². The highest BCUT2D eigenvalue weighted by molar-refractivity contribution is 7.99. The number of rotatable bonds is 6. The van der Waals surface area contributed by atoms with Gasteiger partial charge in [0.25, 0.3) is 0 Å². The third-order valence-corrected chi connectivity index (χ3v) is 5.59. The van der Waals surface area contributed by atoms with Crippen molar-refractivity contribution in [3.05, 3.63) is 71.5 Å². The Bertz CT molecular complexity index is 1040. The number of nitrogens with zero attached hydrogens (tertiary/aromatic N) is 4. The minimum absolute atomic E-state index is 0.155. The third-order valence-electron chi connectivity index (χ3n) is 4.59. The van der Waals surface area contributed by atoms with Crippen LogP contribution in [0.25, 0.3) is 5.69 Å². The van der Waals surface area contributed by atoms with Crippen molar-refractivity contribution < 1.29 is 18.0 Å². The fraction of sp³-hybridized carbons (Fsp3) is 0.263. The molecule has 0 spiro atoms. The van der Waals surface area contributed by atoms with Crippen molar-refractivity contribution in [2.75, 3.05) is 0 Å². The number of hydrazine groups is 1.